The van der Waals surface area contributed by atoms with Crippen molar-refractivity contribution in [2.45, 2.75) is 24.8 Å². The lowest BCUT2D eigenvalue weighted by atomic mass is 10.1. The minimum absolute atomic E-state index is 0.0111. The number of hydrogen-bond donors (Lipinski definition) is 1. The number of halogens is 1. The second-order valence-corrected chi connectivity index (χ2v) is 8.38. The number of aromatic carboxylic acids is 1. The Balaban J connectivity index is 2.47. The molecule has 0 saturated carbocycles. The molecule has 0 spiro atoms. The van der Waals surface area contributed by atoms with Gasteiger partial charge in [-0.05, 0) is 38.1 Å². The normalized spacial score (nSPS) is 12.0. The van der Waals surface area contributed by atoms with Crippen molar-refractivity contribution in [2.24, 2.45) is 0 Å². The second-order valence-electron chi connectivity index (χ2n) is 5.85. The lowest BCUT2D eigenvalue weighted by Crippen LogP contribution is -2.09. The smallest absolute Gasteiger partial charge is 0.335 e. The summed E-state index contributed by atoms with van der Waals surface area (Å²) in [5, 5.41) is 9.03. The number of hydrogen-bond acceptors (Lipinski definition) is 6. The van der Waals surface area contributed by atoms with Gasteiger partial charge in [-0.2, -0.15) is 0 Å². The highest BCUT2D eigenvalue weighted by Gasteiger charge is 2.22. The van der Waals surface area contributed by atoms with E-state index in [0.717, 1.165) is 0 Å². The van der Waals surface area contributed by atoms with Crippen molar-refractivity contribution >= 4 is 47.6 Å². The van der Waals surface area contributed by atoms with E-state index in [1.165, 1.54) is 30.3 Å². The maximum Gasteiger partial charge on any atom is 0.335 e. The van der Waals surface area contributed by atoms with Crippen molar-refractivity contribution in [3.05, 3.63) is 46.1 Å². The molecule has 0 atom stereocenters. The van der Waals surface area contributed by atoms with Crippen LogP contribution in [0.5, 0.6) is 5.75 Å². The van der Waals surface area contributed by atoms with Crippen LogP contribution in [0, 0.1) is 0 Å². The summed E-state index contributed by atoms with van der Waals surface area (Å²) in [5.41, 5.74) is -0.840. The van der Waals surface area contributed by atoms with Gasteiger partial charge in [0, 0.05) is 16.7 Å². The van der Waals surface area contributed by atoms with Crippen LogP contribution in [-0.4, -0.2) is 25.6 Å². The Morgan fingerprint density at radius 1 is 1.19 bits per heavy atom. The molecule has 0 radical (unpaired) electrons. The maximum absolute atomic E-state index is 12.8. The van der Waals surface area contributed by atoms with E-state index in [1.807, 2.05) is 0 Å². The van der Waals surface area contributed by atoms with Gasteiger partial charge in [-0.25, -0.2) is 13.2 Å². The van der Waals surface area contributed by atoms with Gasteiger partial charge < -0.3 is 14.3 Å². The molecule has 9 heteroatoms. The van der Waals surface area contributed by atoms with Crippen LogP contribution in [0.1, 0.15) is 24.2 Å². The summed E-state index contributed by atoms with van der Waals surface area (Å²) in [4.78, 5) is 23.6. The summed E-state index contributed by atoms with van der Waals surface area (Å²) in [6.07, 6.45) is -0.274. The van der Waals surface area contributed by atoms with Crippen LogP contribution in [0.15, 0.2) is 44.4 Å². The van der Waals surface area contributed by atoms with Gasteiger partial charge in [0.2, 0.25) is 5.43 Å². The molecule has 7 nitrogen and oxygen atoms in total. The molecular formula is C17H13ClO7S. The van der Waals surface area contributed by atoms with Gasteiger partial charge in [0.1, 0.15) is 16.2 Å². The van der Waals surface area contributed by atoms with Crippen LogP contribution in [0.4, 0.5) is 0 Å². The van der Waals surface area contributed by atoms with Crippen molar-refractivity contribution in [3.8, 4) is 5.75 Å². The second kappa shape index (κ2) is 6.30. The third-order valence-corrected chi connectivity index (χ3v) is 4.92. The number of benzene rings is 2. The molecule has 136 valence electrons. The number of fused-ring (bicyclic) bond motifs is 2. The van der Waals surface area contributed by atoms with Gasteiger partial charge in [-0.1, -0.05) is 0 Å². The zero-order valence-corrected chi connectivity index (χ0v) is 15.2. The molecule has 0 amide bonds. The van der Waals surface area contributed by atoms with Crippen LogP contribution in [0.3, 0.4) is 0 Å². The number of rotatable bonds is 4. The predicted molar refractivity (Wildman–Crippen MR) is 95.8 cm³/mol. The molecule has 2 aromatic carbocycles. The number of carboxylic acids is 1. The van der Waals surface area contributed by atoms with Crippen LogP contribution < -0.4 is 10.2 Å². The summed E-state index contributed by atoms with van der Waals surface area (Å²) in [7, 11) is 1.26. The zero-order chi connectivity index (χ0) is 19.2. The van der Waals surface area contributed by atoms with Gasteiger partial charge in [0.05, 0.1) is 22.4 Å². The molecule has 1 aromatic heterocycles. The Bertz CT molecular complexity index is 1210. The molecule has 3 aromatic rings. The first-order valence-corrected chi connectivity index (χ1v) is 9.78. The molecule has 0 aliphatic carbocycles. The van der Waals surface area contributed by atoms with Crippen molar-refractivity contribution in [3.63, 3.8) is 0 Å². The first-order chi connectivity index (χ1) is 12.1. The van der Waals surface area contributed by atoms with Crippen molar-refractivity contribution < 1.29 is 27.5 Å². The minimum atomic E-state index is -4.23. The van der Waals surface area contributed by atoms with E-state index in [2.05, 4.69) is 0 Å². The van der Waals surface area contributed by atoms with Gasteiger partial charge in [0.15, 0.2) is 5.58 Å². The van der Waals surface area contributed by atoms with Crippen molar-refractivity contribution in [1.82, 2.24) is 0 Å². The first-order valence-electron chi connectivity index (χ1n) is 7.47. The Labute approximate surface area is 152 Å². The maximum atomic E-state index is 12.8. The van der Waals surface area contributed by atoms with Crippen molar-refractivity contribution in [2.75, 3.05) is 0 Å². The summed E-state index contributed by atoms with van der Waals surface area (Å²) >= 11 is 0. The number of carboxylic acid groups (broad SMARTS) is 1. The molecule has 0 fully saturated rings. The fourth-order valence-electron chi connectivity index (χ4n) is 2.56. The lowest BCUT2D eigenvalue weighted by Gasteiger charge is -2.12. The lowest BCUT2D eigenvalue weighted by molar-refractivity contribution is 0.0697. The summed E-state index contributed by atoms with van der Waals surface area (Å²) in [6, 6.07) is 6.26. The van der Waals surface area contributed by atoms with E-state index in [0.29, 0.717) is 0 Å². The molecule has 1 heterocycles. The Kier molecular flexibility index (Phi) is 4.41. The molecular weight excluding hydrogens is 384 g/mol. The summed E-state index contributed by atoms with van der Waals surface area (Å²) in [5.74, 6) is -1.07. The largest absolute Gasteiger partial charge is 0.491 e. The van der Waals surface area contributed by atoms with Gasteiger partial charge in [0.25, 0.3) is 9.05 Å². The Morgan fingerprint density at radius 2 is 1.88 bits per heavy atom. The number of ether oxygens (including phenoxy) is 1. The average molecular weight is 397 g/mol. The molecule has 0 bridgehead atoms. The van der Waals surface area contributed by atoms with Crippen molar-refractivity contribution in [1.29, 1.82) is 0 Å². The van der Waals surface area contributed by atoms with Crippen LogP contribution >= 0.6 is 10.7 Å². The SMILES string of the molecule is CC(C)Oc1cc(S(=O)(=O)Cl)c2oc3ccc(C(=O)O)cc3c(=O)c2c1. The van der Waals surface area contributed by atoms with Crippen LogP contribution in [0.25, 0.3) is 21.9 Å². The molecule has 26 heavy (non-hydrogen) atoms. The topological polar surface area (TPSA) is 111 Å². The molecule has 0 aliphatic rings. The quantitative estimate of drug-likeness (QED) is 0.531. The summed E-state index contributed by atoms with van der Waals surface area (Å²) < 4.78 is 34.9. The minimum Gasteiger partial charge on any atom is -0.491 e. The van der Waals surface area contributed by atoms with E-state index >= 15 is 0 Å². The number of carbonyl (C=O) groups is 1. The molecule has 0 aliphatic heterocycles. The highest BCUT2D eigenvalue weighted by atomic mass is 35.7. The summed E-state index contributed by atoms with van der Waals surface area (Å²) in [6.45, 7) is 3.47. The van der Waals surface area contributed by atoms with Crippen LogP contribution in [-0.2, 0) is 9.05 Å². The third-order valence-electron chi connectivity index (χ3n) is 3.59. The van der Waals surface area contributed by atoms with E-state index in [4.69, 9.17) is 24.9 Å². The molecule has 1 N–H and O–H groups in total. The Morgan fingerprint density at radius 3 is 2.46 bits per heavy atom. The molecule has 0 saturated heterocycles. The van der Waals surface area contributed by atoms with Gasteiger partial charge in [-0.15, -0.1) is 0 Å². The Hall–Kier alpha value is -2.58. The molecule has 0 unspecified atom stereocenters. The fourth-order valence-corrected chi connectivity index (χ4v) is 3.53. The highest BCUT2D eigenvalue weighted by Crippen LogP contribution is 2.32. The van der Waals surface area contributed by atoms with E-state index in [-0.39, 0.29) is 39.4 Å². The van der Waals surface area contributed by atoms with E-state index in [1.54, 1.807) is 13.8 Å². The van der Waals surface area contributed by atoms with E-state index in [9.17, 15) is 18.0 Å². The first kappa shape index (κ1) is 18.2. The van der Waals surface area contributed by atoms with Gasteiger partial charge >= 0.3 is 5.97 Å². The van der Waals surface area contributed by atoms with E-state index < -0.39 is 25.3 Å². The molecule has 3 rings (SSSR count). The van der Waals surface area contributed by atoms with Crippen LogP contribution in [0.2, 0.25) is 0 Å². The zero-order valence-electron chi connectivity index (χ0n) is 13.6. The average Bonchev–Trinajstić information content (AvgIpc) is 2.53. The third kappa shape index (κ3) is 3.25. The monoisotopic (exact) mass is 396 g/mol. The standard InChI is InChI=1S/C17H13ClO7S/c1-8(2)24-10-6-12-15(19)11-5-9(17(20)21)3-4-13(11)25-16(12)14(7-10)26(18,22)23/h3-8H,1-2H3,(H,20,21). The highest BCUT2D eigenvalue weighted by molar-refractivity contribution is 8.14. The van der Waals surface area contributed by atoms with Gasteiger partial charge in [-0.3, -0.25) is 4.79 Å². The fraction of sp³-hybridized carbons (Fsp3) is 0.176. The predicted octanol–water partition coefficient (Wildman–Crippen LogP) is 3.36.